The summed E-state index contributed by atoms with van der Waals surface area (Å²) in [5, 5.41) is 3.86. The van der Waals surface area contributed by atoms with E-state index in [-0.39, 0.29) is 5.78 Å². The van der Waals surface area contributed by atoms with E-state index in [1.807, 2.05) is 23.8 Å². The highest BCUT2D eigenvalue weighted by molar-refractivity contribution is 9.13. The largest absolute Gasteiger partial charge is 0.287 e. The predicted molar refractivity (Wildman–Crippen MR) is 72.2 cm³/mol. The molecule has 0 atom stereocenters. The zero-order valence-corrected chi connectivity index (χ0v) is 12.5. The van der Waals surface area contributed by atoms with Crippen LogP contribution < -0.4 is 0 Å². The van der Waals surface area contributed by atoms with Crippen molar-refractivity contribution in [3.63, 3.8) is 0 Å². The van der Waals surface area contributed by atoms with E-state index in [4.69, 9.17) is 0 Å². The second-order valence-corrected chi connectivity index (χ2v) is 6.43. The summed E-state index contributed by atoms with van der Waals surface area (Å²) in [5.41, 5.74) is 1.04. The fourth-order valence-electron chi connectivity index (χ4n) is 1.18. The molecule has 0 aliphatic heterocycles. The summed E-state index contributed by atoms with van der Waals surface area (Å²) in [5.74, 6) is 0.102. The second kappa shape index (κ2) is 4.49. The minimum absolute atomic E-state index is 0.102. The van der Waals surface area contributed by atoms with Crippen molar-refractivity contribution in [2.45, 2.75) is 6.92 Å². The Morgan fingerprint density at radius 2 is 2.00 bits per heavy atom. The molecule has 78 valence electrons. The van der Waals surface area contributed by atoms with Gasteiger partial charge in [-0.05, 0) is 55.8 Å². The SMILES string of the molecule is Cc1ccsc1C(=O)c1scc(Br)c1Br. The fraction of sp³-hybridized carbons (Fsp3) is 0.100. The van der Waals surface area contributed by atoms with E-state index in [9.17, 15) is 4.79 Å². The Kier molecular flexibility index (Phi) is 3.45. The van der Waals surface area contributed by atoms with Crippen LogP contribution in [0.25, 0.3) is 0 Å². The van der Waals surface area contributed by atoms with Gasteiger partial charge in [0.25, 0.3) is 0 Å². The molecule has 0 fully saturated rings. The summed E-state index contributed by atoms with van der Waals surface area (Å²) >= 11 is 9.74. The number of aryl methyl sites for hydroxylation is 1. The predicted octanol–water partition coefficient (Wildman–Crippen LogP) is 4.87. The normalized spacial score (nSPS) is 10.6. The molecule has 15 heavy (non-hydrogen) atoms. The maximum atomic E-state index is 12.1. The molecule has 0 bridgehead atoms. The lowest BCUT2D eigenvalue weighted by atomic mass is 10.2. The van der Waals surface area contributed by atoms with Crippen molar-refractivity contribution in [3.05, 3.63) is 41.1 Å². The van der Waals surface area contributed by atoms with Crippen LogP contribution >= 0.6 is 54.5 Å². The first kappa shape index (κ1) is 11.5. The van der Waals surface area contributed by atoms with Crippen LogP contribution in [0.1, 0.15) is 20.1 Å². The molecule has 0 aliphatic carbocycles. The minimum Gasteiger partial charge on any atom is -0.287 e. The second-order valence-electron chi connectivity index (χ2n) is 2.99. The number of ketones is 1. The van der Waals surface area contributed by atoms with E-state index in [1.54, 1.807) is 0 Å². The Morgan fingerprint density at radius 3 is 2.47 bits per heavy atom. The Hall–Kier alpha value is 0.0300. The molecule has 1 nitrogen and oxygen atoms in total. The van der Waals surface area contributed by atoms with Gasteiger partial charge in [-0.1, -0.05) is 0 Å². The molecule has 2 rings (SSSR count). The molecule has 5 heteroatoms. The first-order valence-corrected chi connectivity index (χ1v) is 7.47. The van der Waals surface area contributed by atoms with Gasteiger partial charge in [0.1, 0.15) is 0 Å². The molecule has 0 aliphatic rings. The quantitative estimate of drug-likeness (QED) is 0.693. The smallest absolute Gasteiger partial charge is 0.214 e. The molecule has 0 spiro atoms. The monoisotopic (exact) mass is 364 g/mol. The average molecular weight is 366 g/mol. The van der Waals surface area contributed by atoms with Gasteiger partial charge in [0, 0.05) is 9.85 Å². The van der Waals surface area contributed by atoms with Crippen LogP contribution in [0.15, 0.2) is 25.8 Å². The van der Waals surface area contributed by atoms with E-state index in [0.717, 1.165) is 24.3 Å². The number of hydrogen-bond acceptors (Lipinski definition) is 3. The molecule has 0 amide bonds. The first-order valence-electron chi connectivity index (χ1n) is 4.12. The van der Waals surface area contributed by atoms with Gasteiger partial charge < -0.3 is 0 Å². The van der Waals surface area contributed by atoms with Crippen LogP contribution in [0.5, 0.6) is 0 Å². The van der Waals surface area contributed by atoms with Gasteiger partial charge in [-0.15, -0.1) is 22.7 Å². The van der Waals surface area contributed by atoms with Crippen molar-refractivity contribution in [2.24, 2.45) is 0 Å². The molecule has 0 saturated carbocycles. The van der Waals surface area contributed by atoms with Crippen molar-refractivity contribution < 1.29 is 4.79 Å². The maximum Gasteiger partial charge on any atom is 0.214 e. The molecular formula is C10H6Br2OS2. The molecule has 0 N–H and O–H groups in total. The Labute approximate surface area is 112 Å². The van der Waals surface area contributed by atoms with Crippen molar-refractivity contribution in [1.82, 2.24) is 0 Å². The molecule has 0 saturated heterocycles. The van der Waals surface area contributed by atoms with E-state index < -0.39 is 0 Å². The van der Waals surface area contributed by atoms with Gasteiger partial charge in [0.05, 0.1) is 14.2 Å². The lowest BCUT2D eigenvalue weighted by molar-refractivity contribution is 0.104. The van der Waals surface area contributed by atoms with Crippen LogP contribution in [0.2, 0.25) is 0 Å². The highest BCUT2D eigenvalue weighted by atomic mass is 79.9. The molecule has 2 heterocycles. The maximum absolute atomic E-state index is 12.1. The third-order valence-electron chi connectivity index (χ3n) is 1.96. The Bertz CT molecular complexity index is 513. The summed E-state index contributed by atoms with van der Waals surface area (Å²) in [6, 6.07) is 1.97. The molecule has 0 unspecified atom stereocenters. The van der Waals surface area contributed by atoms with E-state index in [1.165, 1.54) is 22.7 Å². The van der Waals surface area contributed by atoms with E-state index >= 15 is 0 Å². The van der Waals surface area contributed by atoms with Crippen LogP contribution in [0, 0.1) is 6.92 Å². The third kappa shape index (κ3) is 2.11. The zero-order chi connectivity index (χ0) is 11.0. The van der Waals surface area contributed by atoms with Crippen LogP contribution in [-0.2, 0) is 0 Å². The molecular weight excluding hydrogens is 360 g/mol. The summed E-state index contributed by atoms with van der Waals surface area (Å²) in [6.45, 7) is 1.96. The minimum atomic E-state index is 0.102. The zero-order valence-electron chi connectivity index (χ0n) is 7.71. The summed E-state index contributed by atoms with van der Waals surface area (Å²) in [6.07, 6.45) is 0. The van der Waals surface area contributed by atoms with Crippen molar-refractivity contribution in [1.29, 1.82) is 0 Å². The van der Waals surface area contributed by atoms with Gasteiger partial charge in [-0.25, -0.2) is 0 Å². The molecule has 0 aromatic carbocycles. The van der Waals surface area contributed by atoms with Crippen molar-refractivity contribution >= 4 is 60.3 Å². The third-order valence-corrected chi connectivity index (χ3v) is 6.50. The van der Waals surface area contributed by atoms with E-state index in [0.29, 0.717) is 0 Å². The topological polar surface area (TPSA) is 17.1 Å². The number of halogens is 2. The number of carbonyl (C=O) groups excluding carboxylic acids is 1. The fourth-order valence-corrected chi connectivity index (χ4v) is 4.22. The average Bonchev–Trinajstić information content (AvgIpc) is 2.75. The lowest BCUT2D eigenvalue weighted by Crippen LogP contribution is -1.98. The lowest BCUT2D eigenvalue weighted by Gasteiger charge is -1.97. The molecule has 2 aromatic heterocycles. The molecule has 0 radical (unpaired) electrons. The highest BCUT2D eigenvalue weighted by Crippen LogP contribution is 2.35. The van der Waals surface area contributed by atoms with Gasteiger partial charge >= 0.3 is 0 Å². The number of carbonyl (C=O) groups is 1. The number of hydrogen-bond donors (Lipinski definition) is 0. The Morgan fingerprint density at radius 1 is 1.27 bits per heavy atom. The van der Waals surface area contributed by atoms with Crippen molar-refractivity contribution in [2.75, 3.05) is 0 Å². The summed E-state index contributed by atoms with van der Waals surface area (Å²) < 4.78 is 1.79. The van der Waals surface area contributed by atoms with Gasteiger partial charge in [0.2, 0.25) is 5.78 Å². The van der Waals surface area contributed by atoms with Crippen molar-refractivity contribution in [3.8, 4) is 0 Å². The van der Waals surface area contributed by atoms with Crippen LogP contribution in [0.4, 0.5) is 0 Å². The first-order chi connectivity index (χ1) is 7.11. The van der Waals surface area contributed by atoms with Gasteiger partial charge in [-0.3, -0.25) is 4.79 Å². The van der Waals surface area contributed by atoms with Crippen LogP contribution in [-0.4, -0.2) is 5.78 Å². The molecule has 2 aromatic rings. The summed E-state index contributed by atoms with van der Waals surface area (Å²) in [7, 11) is 0. The standard InChI is InChI=1S/C10H6Br2OS2/c1-5-2-3-14-9(5)8(13)10-7(12)6(11)4-15-10/h2-4H,1H3. The highest BCUT2D eigenvalue weighted by Gasteiger charge is 2.19. The Balaban J connectivity index is 2.46. The van der Waals surface area contributed by atoms with E-state index in [2.05, 4.69) is 31.9 Å². The van der Waals surface area contributed by atoms with Crippen LogP contribution in [0.3, 0.4) is 0 Å². The summed E-state index contributed by atoms with van der Waals surface area (Å²) in [4.78, 5) is 13.7. The number of thiophene rings is 2. The number of rotatable bonds is 2. The van der Waals surface area contributed by atoms with Gasteiger partial charge in [-0.2, -0.15) is 0 Å². The van der Waals surface area contributed by atoms with Gasteiger partial charge in [0.15, 0.2) is 0 Å².